The number of carbonyl (C=O) groups is 1. The number of allylic oxidation sites excluding steroid dienone is 3. The standard InChI is InChI=1S/C8H7NO/c10-8-5-4-7-3-1-2-6-9(7)8/h2-6H,1H2. The molecule has 2 rings (SSSR count). The molecule has 0 aromatic carbocycles. The minimum Gasteiger partial charge on any atom is -0.285 e. The Morgan fingerprint density at radius 3 is 3.10 bits per heavy atom. The molecule has 0 aromatic heterocycles. The first kappa shape index (κ1) is 5.47. The summed E-state index contributed by atoms with van der Waals surface area (Å²) in [5.74, 6) is 0.0576. The van der Waals surface area contributed by atoms with Crippen LogP contribution in [0.4, 0.5) is 0 Å². The summed E-state index contributed by atoms with van der Waals surface area (Å²) in [5, 5.41) is 0. The van der Waals surface area contributed by atoms with E-state index in [1.54, 1.807) is 11.0 Å². The lowest BCUT2D eigenvalue weighted by molar-refractivity contribution is -0.121. The van der Waals surface area contributed by atoms with Crippen LogP contribution in [-0.4, -0.2) is 10.8 Å². The van der Waals surface area contributed by atoms with Crippen molar-refractivity contribution in [2.24, 2.45) is 0 Å². The Bertz CT molecular complexity index is 260. The molecule has 0 radical (unpaired) electrons. The van der Waals surface area contributed by atoms with Crippen molar-refractivity contribution in [1.29, 1.82) is 0 Å². The molecule has 0 aliphatic carbocycles. The summed E-state index contributed by atoms with van der Waals surface area (Å²) >= 11 is 0. The summed E-state index contributed by atoms with van der Waals surface area (Å²) in [5.41, 5.74) is 1.01. The highest BCUT2D eigenvalue weighted by atomic mass is 16.2. The van der Waals surface area contributed by atoms with Gasteiger partial charge in [0.2, 0.25) is 0 Å². The van der Waals surface area contributed by atoms with Crippen LogP contribution in [0, 0.1) is 0 Å². The van der Waals surface area contributed by atoms with Gasteiger partial charge in [-0.1, -0.05) is 12.2 Å². The molecule has 0 saturated heterocycles. The van der Waals surface area contributed by atoms with Crippen molar-refractivity contribution >= 4 is 5.91 Å². The first-order valence-corrected chi connectivity index (χ1v) is 3.26. The quantitative estimate of drug-likeness (QED) is 0.486. The normalized spacial score (nSPS) is 21.4. The van der Waals surface area contributed by atoms with Crippen LogP contribution in [-0.2, 0) is 4.79 Å². The SMILES string of the molecule is O=C1C=CC2=CCC=CN12. The lowest BCUT2D eigenvalue weighted by Crippen LogP contribution is -2.18. The van der Waals surface area contributed by atoms with E-state index in [-0.39, 0.29) is 5.91 Å². The molecule has 0 spiro atoms. The summed E-state index contributed by atoms with van der Waals surface area (Å²) in [6, 6.07) is 0. The van der Waals surface area contributed by atoms with Crippen LogP contribution in [0.25, 0.3) is 0 Å². The third-order valence-corrected chi connectivity index (χ3v) is 1.63. The van der Waals surface area contributed by atoms with E-state index in [4.69, 9.17) is 0 Å². The van der Waals surface area contributed by atoms with Crippen LogP contribution in [0.5, 0.6) is 0 Å². The Hall–Kier alpha value is -1.31. The molecule has 2 heteroatoms. The second-order valence-corrected chi connectivity index (χ2v) is 2.29. The minimum absolute atomic E-state index is 0.0576. The molecule has 0 atom stereocenters. The number of rotatable bonds is 0. The zero-order chi connectivity index (χ0) is 6.97. The smallest absolute Gasteiger partial charge is 0.255 e. The maximum atomic E-state index is 11.0. The van der Waals surface area contributed by atoms with Gasteiger partial charge >= 0.3 is 0 Å². The average Bonchev–Trinajstić information content (AvgIpc) is 2.34. The van der Waals surface area contributed by atoms with E-state index >= 15 is 0 Å². The number of amides is 1. The fourth-order valence-corrected chi connectivity index (χ4v) is 1.13. The highest BCUT2D eigenvalue weighted by molar-refractivity contribution is 5.94. The lowest BCUT2D eigenvalue weighted by atomic mass is 10.2. The highest BCUT2D eigenvalue weighted by Gasteiger charge is 2.18. The van der Waals surface area contributed by atoms with E-state index in [9.17, 15) is 4.79 Å². The van der Waals surface area contributed by atoms with E-state index in [0.29, 0.717) is 0 Å². The number of nitrogens with zero attached hydrogens (tertiary/aromatic N) is 1. The Morgan fingerprint density at radius 2 is 2.30 bits per heavy atom. The second-order valence-electron chi connectivity index (χ2n) is 2.29. The van der Waals surface area contributed by atoms with Crippen molar-refractivity contribution in [3.8, 4) is 0 Å². The average molecular weight is 133 g/mol. The first-order valence-electron chi connectivity index (χ1n) is 3.26. The molecule has 0 bridgehead atoms. The van der Waals surface area contributed by atoms with Crippen molar-refractivity contribution < 1.29 is 4.79 Å². The van der Waals surface area contributed by atoms with E-state index in [0.717, 1.165) is 12.1 Å². The van der Waals surface area contributed by atoms with E-state index in [1.807, 2.05) is 24.4 Å². The van der Waals surface area contributed by atoms with Gasteiger partial charge in [-0.3, -0.25) is 9.69 Å². The molecule has 1 amide bonds. The number of fused-ring (bicyclic) bond motifs is 1. The van der Waals surface area contributed by atoms with Crippen LogP contribution in [0.3, 0.4) is 0 Å². The Morgan fingerprint density at radius 1 is 1.40 bits per heavy atom. The van der Waals surface area contributed by atoms with Crippen molar-refractivity contribution in [3.05, 3.63) is 36.2 Å². The highest BCUT2D eigenvalue weighted by Crippen LogP contribution is 2.19. The van der Waals surface area contributed by atoms with Crippen LogP contribution < -0.4 is 0 Å². The van der Waals surface area contributed by atoms with Gasteiger partial charge in [0, 0.05) is 18.0 Å². The third-order valence-electron chi connectivity index (χ3n) is 1.63. The molecule has 2 nitrogen and oxygen atoms in total. The van der Waals surface area contributed by atoms with Gasteiger partial charge in [-0.2, -0.15) is 0 Å². The predicted molar refractivity (Wildman–Crippen MR) is 37.8 cm³/mol. The maximum absolute atomic E-state index is 11.0. The topological polar surface area (TPSA) is 20.3 Å². The molecule has 50 valence electrons. The molecule has 0 unspecified atom stereocenters. The van der Waals surface area contributed by atoms with Crippen molar-refractivity contribution in [2.45, 2.75) is 6.42 Å². The third kappa shape index (κ3) is 0.620. The zero-order valence-electron chi connectivity index (χ0n) is 5.45. The molecule has 2 heterocycles. The first-order chi connectivity index (χ1) is 4.88. The molecule has 2 aliphatic rings. The Kier molecular flexibility index (Phi) is 1.01. The summed E-state index contributed by atoms with van der Waals surface area (Å²) < 4.78 is 0. The fourth-order valence-electron chi connectivity index (χ4n) is 1.13. The number of hydrogen-bond acceptors (Lipinski definition) is 1. The van der Waals surface area contributed by atoms with Crippen LogP contribution >= 0.6 is 0 Å². The Labute approximate surface area is 59.1 Å². The van der Waals surface area contributed by atoms with E-state index in [2.05, 4.69) is 0 Å². The molecule has 0 fully saturated rings. The maximum Gasteiger partial charge on any atom is 0.255 e. The number of hydrogen-bond donors (Lipinski definition) is 0. The van der Waals surface area contributed by atoms with Gasteiger partial charge in [0.1, 0.15) is 0 Å². The molecule has 0 saturated carbocycles. The van der Waals surface area contributed by atoms with E-state index < -0.39 is 0 Å². The van der Waals surface area contributed by atoms with Crippen molar-refractivity contribution in [1.82, 2.24) is 4.90 Å². The monoisotopic (exact) mass is 133 g/mol. The van der Waals surface area contributed by atoms with Gasteiger partial charge < -0.3 is 0 Å². The summed E-state index contributed by atoms with van der Waals surface area (Å²) in [6.45, 7) is 0. The van der Waals surface area contributed by atoms with Crippen molar-refractivity contribution in [3.63, 3.8) is 0 Å². The Balaban J connectivity index is 2.39. The number of carbonyl (C=O) groups excluding carboxylic acids is 1. The van der Waals surface area contributed by atoms with Gasteiger partial charge in [-0.05, 0) is 12.5 Å². The predicted octanol–water partition coefficient (Wildman–Crippen LogP) is 1.19. The van der Waals surface area contributed by atoms with Crippen molar-refractivity contribution in [2.75, 3.05) is 0 Å². The van der Waals surface area contributed by atoms with Crippen LogP contribution in [0.1, 0.15) is 6.42 Å². The fraction of sp³-hybridized carbons (Fsp3) is 0.125. The molecule has 10 heavy (non-hydrogen) atoms. The molecule has 2 aliphatic heterocycles. The van der Waals surface area contributed by atoms with Gasteiger partial charge in [0.25, 0.3) is 5.91 Å². The van der Waals surface area contributed by atoms with E-state index in [1.165, 1.54) is 0 Å². The van der Waals surface area contributed by atoms with Gasteiger partial charge in [0.05, 0.1) is 0 Å². The summed E-state index contributed by atoms with van der Waals surface area (Å²) in [7, 11) is 0. The summed E-state index contributed by atoms with van der Waals surface area (Å²) in [6.07, 6.45) is 10.2. The summed E-state index contributed by atoms with van der Waals surface area (Å²) in [4.78, 5) is 12.6. The van der Waals surface area contributed by atoms with Crippen LogP contribution in [0.2, 0.25) is 0 Å². The molecule has 0 N–H and O–H groups in total. The molecular weight excluding hydrogens is 126 g/mol. The second kappa shape index (κ2) is 1.84. The lowest BCUT2D eigenvalue weighted by Gasteiger charge is -2.14. The van der Waals surface area contributed by atoms with Gasteiger partial charge in [-0.15, -0.1) is 0 Å². The molecule has 0 aromatic rings. The van der Waals surface area contributed by atoms with Gasteiger partial charge in [0.15, 0.2) is 0 Å². The van der Waals surface area contributed by atoms with Crippen LogP contribution in [0.15, 0.2) is 36.2 Å². The molecular formula is C8H7NO. The minimum atomic E-state index is 0.0576. The largest absolute Gasteiger partial charge is 0.285 e. The zero-order valence-corrected chi connectivity index (χ0v) is 5.45. The van der Waals surface area contributed by atoms with Gasteiger partial charge in [-0.25, -0.2) is 0 Å².